The Labute approximate surface area is 240 Å². The lowest BCUT2D eigenvalue weighted by atomic mass is 10.0. The van der Waals surface area contributed by atoms with Gasteiger partial charge in [-0.2, -0.15) is 15.2 Å². The fourth-order valence-corrected chi connectivity index (χ4v) is 7.24. The molecular weight excluding hydrogens is 522 g/mol. The van der Waals surface area contributed by atoms with Crippen molar-refractivity contribution in [2.75, 3.05) is 49.6 Å². The molecule has 3 atom stereocenters. The number of likely N-dealkylation sites (tertiary alicyclic amines) is 1. The molecule has 0 spiro atoms. The number of benzene rings is 2. The summed E-state index contributed by atoms with van der Waals surface area (Å²) in [6.07, 6.45) is 5.81. The molecule has 0 aliphatic carbocycles. The predicted octanol–water partition coefficient (Wildman–Crippen LogP) is 4.32. The molecule has 9 heteroatoms. The van der Waals surface area contributed by atoms with Crippen LogP contribution in [0.1, 0.15) is 30.5 Å². The number of aromatic nitrogens is 2. The lowest BCUT2D eigenvalue weighted by Gasteiger charge is -2.37. The number of rotatable bonds is 5. The lowest BCUT2D eigenvalue weighted by molar-refractivity contribution is 0.187. The minimum absolute atomic E-state index is 0.179. The van der Waals surface area contributed by atoms with E-state index < -0.39 is 0 Å². The molecule has 5 heterocycles. The van der Waals surface area contributed by atoms with Crippen LogP contribution in [0.3, 0.4) is 0 Å². The van der Waals surface area contributed by atoms with Gasteiger partial charge in [0.05, 0.1) is 23.3 Å². The Kier molecular flexibility index (Phi) is 6.74. The quantitative estimate of drug-likeness (QED) is 0.466. The monoisotopic (exact) mass is 555 g/mol. The number of piperazine rings is 1. The van der Waals surface area contributed by atoms with Gasteiger partial charge in [-0.25, -0.2) is 0 Å². The van der Waals surface area contributed by atoms with E-state index in [1.54, 1.807) is 6.08 Å². The van der Waals surface area contributed by atoms with Crippen molar-refractivity contribution in [2.45, 2.75) is 50.4 Å². The first-order valence-corrected chi connectivity index (χ1v) is 14.7. The Bertz CT molecular complexity index is 1510. The van der Waals surface area contributed by atoms with Gasteiger partial charge in [0.2, 0.25) is 0 Å². The fourth-order valence-electron chi connectivity index (χ4n) is 6.96. The third kappa shape index (κ3) is 4.66. The van der Waals surface area contributed by atoms with Crippen molar-refractivity contribution in [1.82, 2.24) is 20.2 Å². The highest BCUT2D eigenvalue weighted by atomic mass is 35.5. The van der Waals surface area contributed by atoms with Crippen molar-refractivity contribution in [2.24, 2.45) is 0 Å². The topological polar surface area (TPSA) is 80.5 Å². The number of fused-ring (bicyclic) bond motifs is 4. The van der Waals surface area contributed by atoms with Crippen LogP contribution < -0.4 is 19.9 Å². The summed E-state index contributed by atoms with van der Waals surface area (Å²) in [7, 11) is 2.16. The third-order valence-electron chi connectivity index (χ3n) is 9.03. The highest BCUT2D eigenvalue weighted by Crippen LogP contribution is 2.38. The molecule has 206 valence electrons. The summed E-state index contributed by atoms with van der Waals surface area (Å²) >= 11 is 6.70. The molecule has 1 N–H and O–H groups in total. The van der Waals surface area contributed by atoms with Crippen molar-refractivity contribution < 1.29 is 4.74 Å². The minimum Gasteiger partial charge on any atom is -0.462 e. The highest BCUT2D eigenvalue weighted by molar-refractivity contribution is 6.36. The summed E-state index contributed by atoms with van der Waals surface area (Å²) in [6.45, 7) is 4.89. The van der Waals surface area contributed by atoms with E-state index in [9.17, 15) is 5.26 Å². The fraction of sp³-hybridized carbons (Fsp3) is 0.452. The molecule has 1 aromatic heterocycles. The molecule has 7 rings (SSSR count). The smallest absolute Gasteiger partial charge is 0.318 e. The summed E-state index contributed by atoms with van der Waals surface area (Å²) in [5, 5.41) is 15.9. The molecule has 40 heavy (non-hydrogen) atoms. The maximum atomic E-state index is 9.27. The van der Waals surface area contributed by atoms with Crippen molar-refractivity contribution in [3.05, 3.63) is 64.3 Å². The molecule has 3 fully saturated rings. The molecule has 2 bridgehead atoms. The molecule has 0 saturated carbocycles. The zero-order chi connectivity index (χ0) is 27.2. The number of likely N-dealkylation sites (N-methyl/N-ethyl adjacent to an activating group) is 1. The molecular formula is C31H34ClN7O. The van der Waals surface area contributed by atoms with E-state index in [1.165, 1.54) is 17.6 Å². The van der Waals surface area contributed by atoms with Gasteiger partial charge in [0.1, 0.15) is 12.4 Å². The van der Waals surface area contributed by atoms with Gasteiger partial charge in [-0.15, -0.1) is 0 Å². The predicted molar refractivity (Wildman–Crippen MR) is 158 cm³/mol. The first-order valence-electron chi connectivity index (χ1n) is 14.3. The third-order valence-corrected chi connectivity index (χ3v) is 9.35. The van der Waals surface area contributed by atoms with Crippen LogP contribution >= 0.6 is 11.6 Å². The van der Waals surface area contributed by atoms with Crippen LogP contribution in [0.4, 0.5) is 11.5 Å². The van der Waals surface area contributed by atoms with Gasteiger partial charge < -0.3 is 24.8 Å². The molecule has 4 aliphatic heterocycles. The number of hydrogen-bond donors (Lipinski definition) is 1. The van der Waals surface area contributed by atoms with Crippen LogP contribution in [0, 0.1) is 11.3 Å². The van der Waals surface area contributed by atoms with E-state index in [2.05, 4.69) is 57.4 Å². The Balaban J connectivity index is 1.23. The second-order valence-corrected chi connectivity index (χ2v) is 11.9. The first kappa shape index (κ1) is 25.6. The van der Waals surface area contributed by atoms with Gasteiger partial charge in [0, 0.05) is 60.5 Å². The summed E-state index contributed by atoms with van der Waals surface area (Å²) in [5.74, 6) is 0.991. The van der Waals surface area contributed by atoms with Crippen LogP contribution in [-0.4, -0.2) is 72.8 Å². The largest absolute Gasteiger partial charge is 0.462 e. The molecule has 0 amide bonds. The SMILES string of the molecule is CN1CCC[C@H]1COc1nc2c(c(N3CC4N[C@H](C/C4=C/C#N)C3)n1)CCN(c1cccc3cccc(Cl)c13)C2. The van der Waals surface area contributed by atoms with Gasteiger partial charge in [-0.05, 0) is 62.4 Å². The zero-order valence-corrected chi connectivity index (χ0v) is 23.6. The Morgan fingerprint density at radius 2 is 2.02 bits per heavy atom. The van der Waals surface area contributed by atoms with E-state index >= 15 is 0 Å². The van der Waals surface area contributed by atoms with Gasteiger partial charge in [-0.1, -0.05) is 35.9 Å². The van der Waals surface area contributed by atoms with Crippen molar-refractivity contribution in [1.29, 1.82) is 5.26 Å². The molecule has 3 aromatic rings. The van der Waals surface area contributed by atoms with Gasteiger partial charge in [0.25, 0.3) is 0 Å². The number of halogens is 1. The summed E-state index contributed by atoms with van der Waals surface area (Å²) in [6, 6.07) is 16.0. The van der Waals surface area contributed by atoms with E-state index in [1.807, 2.05) is 12.1 Å². The number of nitrogens with zero attached hydrogens (tertiary/aromatic N) is 6. The molecule has 0 radical (unpaired) electrons. The van der Waals surface area contributed by atoms with Crippen molar-refractivity contribution >= 4 is 33.9 Å². The molecule has 4 aliphatic rings. The normalized spacial score (nSPS) is 25.4. The minimum atomic E-state index is 0.179. The summed E-state index contributed by atoms with van der Waals surface area (Å²) in [5.41, 5.74) is 4.56. The number of anilines is 2. The van der Waals surface area contributed by atoms with E-state index in [4.69, 9.17) is 26.3 Å². The Morgan fingerprint density at radius 3 is 2.85 bits per heavy atom. The molecule has 8 nitrogen and oxygen atoms in total. The number of nitrogens with one attached hydrogen (secondary N) is 1. The second-order valence-electron chi connectivity index (χ2n) is 11.5. The van der Waals surface area contributed by atoms with E-state index in [0.29, 0.717) is 31.2 Å². The van der Waals surface area contributed by atoms with Crippen LogP contribution in [0.15, 0.2) is 48.0 Å². The Morgan fingerprint density at radius 1 is 1.15 bits per heavy atom. The molecule has 3 saturated heterocycles. The average molecular weight is 556 g/mol. The maximum Gasteiger partial charge on any atom is 0.318 e. The number of allylic oxidation sites excluding steroid dienone is 1. The summed E-state index contributed by atoms with van der Waals surface area (Å²) in [4.78, 5) is 17.2. The number of ether oxygens (including phenoxy) is 1. The number of hydrogen-bond acceptors (Lipinski definition) is 8. The van der Waals surface area contributed by atoms with Crippen LogP contribution in [0.25, 0.3) is 10.8 Å². The van der Waals surface area contributed by atoms with E-state index in [-0.39, 0.29) is 6.04 Å². The molecule has 2 aromatic carbocycles. The molecule has 1 unspecified atom stereocenters. The van der Waals surface area contributed by atoms with Crippen LogP contribution in [0.5, 0.6) is 6.01 Å². The lowest BCUT2D eigenvalue weighted by Crippen LogP contribution is -2.52. The highest BCUT2D eigenvalue weighted by Gasteiger charge is 2.38. The van der Waals surface area contributed by atoms with Gasteiger partial charge in [-0.3, -0.25) is 0 Å². The van der Waals surface area contributed by atoms with Crippen LogP contribution in [0.2, 0.25) is 5.02 Å². The summed E-state index contributed by atoms with van der Waals surface area (Å²) < 4.78 is 6.32. The maximum absolute atomic E-state index is 9.27. The van der Waals surface area contributed by atoms with Crippen molar-refractivity contribution in [3.8, 4) is 12.1 Å². The first-order chi connectivity index (χ1) is 19.6. The number of nitriles is 1. The zero-order valence-electron chi connectivity index (χ0n) is 22.8. The van der Waals surface area contributed by atoms with Gasteiger partial charge in [0.15, 0.2) is 0 Å². The standard InChI is InChI=1S/C31H34ClN7O/c1-37-13-4-7-23(37)19-40-31-35-27-18-38(28-9-3-6-20-5-2-8-25(32)29(20)28)14-11-24(27)30(36-31)39-16-22-15-21(10-12-33)26(17-39)34-22/h2-3,5-6,8-10,22-23,26,34H,4,7,11,13-19H2,1H3/b21-10-/t22-,23+,26?/m1/s1. The van der Waals surface area contributed by atoms with Gasteiger partial charge >= 0.3 is 6.01 Å². The Hall–Kier alpha value is -3.38. The van der Waals surface area contributed by atoms with Crippen molar-refractivity contribution in [3.63, 3.8) is 0 Å². The van der Waals surface area contributed by atoms with Crippen LogP contribution in [-0.2, 0) is 13.0 Å². The second kappa shape index (κ2) is 10.5. The average Bonchev–Trinajstić information content (AvgIpc) is 3.51. The van der Waals surface area contributed by atoms with E-state index in [0.717, 1.165) is 78.4 Å².